The fourth-order valence-electron chi connectivity index (χ4n) is 5.52. The van der Waals surface area contributed by atoms with Gasteiger partial charge in [-0.3, -0.25) is 14.8 Å². The van der Waals surface area contributed by atoms with Crippen molar-refractivity contribution in [3.8, 4) is 23.7 Å². The first-order chi connectivity index (χ1) is 22.4. The van der Waals surface area contributed by atoms with E-state index >= 15 is 0 Å². The van der Waals surface area contributed by atoms with E-state index in [9.17, 15) is 4.79 Å². The molecule has 2 heterocycles. The minimum atomic E-state index is 0.886. The van der Waals surface area contributed by atoms with E-state index in [1.807, 2.05) is 36.9 Å². The Hall–Kier alpha value is -3.17. The van der Waals surface area contributed by atoms with Gasteiger partial charge in [-0.25, -0.2) is 0 Å². The summed E-state index contributed by atoms with van der Waals surface area (Å²) in [7, 11) is 0. The topological polar surface area (TPSA) is 42.9 Å². The molecule has 0 spiro atoms. The third-order valence-corrected chi connectivity index (χ3v) is 8.31. The molecule has 244 valence electrons. The zero-order valence-corrected chi connectivity index (χ0v) is 28.3. The molecular weight excluding hydrogens is 548 g/mol. The van der Waals surface area contributed by atoms with Crippen LogP contribution in [-0.2, 0) is 17.6 Å². The van der Waals surface area contributed by atoms with Crippen molar-refractivity contribution in [3.05, 3.63) is 71.8 Å². The van der Waals surface area contributed by atoms with Crippen molar-refractivity contribution in [2.45, 2.75) is 161 Å². The lowest BCUT2D eigenvalue weighted by Crippen LogP contribution is -1.87. The van der Waals surface area contributed by atoms with Gasteiger partial charge < -0.3 is 0 Å². The second kappa shape index (κ2) is 29.5. The molecule has 0 saturated heterocycles. The molecule has 0 N–H and O–H groups in total. The van der Waals surface area contributed by atoms with Crippen molar-refractivity contribution in [2.75, 3.05) is 0 Å². The molecule has 0 saturated carbocycles. The van der Waals surface area contributed by atoms with Gasteiger partial charge in [0, 0.05) is 50.5 Å². The smallest absolute Gasteiger partial charge is 0.145 e. The van der Waals surface area contributed by atoms with Crippen LogP contribution in [0.4, 0.5) is 0 Å². The normalized spacial score (nSPS) is 11.0. The number of rotatable bonds is 26. The van der Waals surface area contributed by atoms with Crippen molar-refractivity contribution in [1.82, 2.24) is 9.97 Å². The highest BCUT2D eigenvalue weighted by Gasteiger charge is 1.97. The number of nitrogens with zero attached hydrogens (tertiary/aromatic N) is 2. The summed E-state index contributed by atoms with van der Waals surface area (Å²) in [4.78, 5) is 19.8. The number of allylic oxidation sites excluding steroid dienone is 2. The van der Waals surface area contributed by atoms with Crippen LogP contribution in [0.3, 0.4) is 0 Å². The van der Waals surface area contributed by atoms with Gasteiger partial charge >= 0.3 is 0 Å². The van der Waals surface area contributed by atoms with Crippen molar-refractivity contribution < 1.29 is 4.79 Å². The molecule has 0 fully saturated rings. The molecule has 0 amide bonds. The van der Waals surface area contributed by atoms with Crippen LogP contribution in [0.1, 0.15) is 159 Å². The molecule has 0 aliphatic heterocycles. The Morgan fingerprint density at radius 2 is 0.956 bits per heavy atom. The summed E-state index contributed by atoms with van der Waals surface area (Å²) in [6.07, 6.45) is 40.3. The Morgan fingerprint density at radius 3 is 1.40 bits per heavy atom. The largest absolute Gasteiger partial charge is 0.298 e. The predicted molar refractivity (Wildman–Crippen MR) is 192 cm³/mol. The van der Waals surface area contributed by atoms with Gasteiger partial charge in [-0.2, -0.15) is 0 Å². The first kappa shape index (κ1) is 38.0. The third kappa shape index (κ3) is 23.8. The van der Waals surface area contributed by atoms with Crippen LogP contribution in [-0.4, -0.2) is 16.3 Å². The summed E-state index contributed by atoms with van der Waals surface area (Å²) in [5, 5.41) is 0. The summed E-state index contributed by atoms with van der Waals surface area (Å²) in [5.74, 6) is 13.4. The molecule has 2 rings (SSSR count). The monoisotopic (exact) mass is 608 g/mol. The third-order valence-electron chi connectivity index (χ3n) is 8.31. The fraction of sp³-hybridized carbons (Fsp3) is 0.595. The lowest BCUT2D eigenvalue weighted by atomic mass is 10.0. The van der Waals surface area contributed by atoms with Crippen LogP contribution in [0.25, 0.3) is 0 Å². The molecule has 0 aromatic carbocycles. The second-order valence-electron chi connectivity index (χ2n) is 12.4. The SMILES string of the molecule is O=C/C(=C/CCCCC#CCCCCCCCCCc1cccnc1)CCCCC#CCCCCCCCCc1cccnc1. The molecule has 2 aromatic heterocycles. The number of aryl methyl sites for hydroxylation is 2. The molecule has 2 aromatic rings. The standard InChI is InChI=1S/C42H60N2O/c45-39-42(32-26-22-18-14-10-6-5-8-12-16-20-24-30-41-34-28-36-44-38-41)31-25-21-17-13-9-4-2-1-3-7-11-15-19-23-29-40-33-27-35-43-37-40/h27-28,31,33-39H,1-3,5-8,11-13,15-26,29-30,32H2/b42-31+. The number of pyridine rings is 2. The summed E-state index contributed by atoms with van der Waals surface area (Å²) < 4.78 is 0. The first-order valence-corrected chi connectivity index (χ1v) is 18.2. The van der Waals surface area contributed by atoms with E-state index in [4.69, 9.17) is 0 Å². The van der Waals surface area contributed by atoms with Crippen LogP contribution in [0.5, 0.6) is 0 Å². The van der Waals surface area contributed by atoms with Crippen molar-refractivity contribution in [3.63, 3.8) is 0 Å². The number of carbonyl (C=O) groups is 1. The maximum absolute atomic E-state index is 11.4. The van der Waals surface area contributed by atoms with Gasteiger partial charge in [0.2, 0.25) is 0 Å². The van der Waals surface area contributed by atoms with Gasteiger partial charge in [-0.05, 0) is 106 Å². The van der Waals surface area contributed by atoms with Crippen LogP contribution in [0.2, 0.25) is 0 Å². The van der Waals surface area contributed by atoms with E-state index in [1.54, 1.807) is 0 Å². The minimum Gasteiger partial charge on any atom is -0.298 e. The van der Waals surface area contributed by atoms with E-state index in [0.29, 0.717) is 0 Å². The number of aromatic nitrogens is 2. The van der Waals surface area contributed by atoms with E-state index in [2.05, 4.69) is 51.9 Å². The summed E-state index contributed by atoms with van der Waals surface area (Å²) in [6.45, 7) is 0. The van der Waals surface area contributed by atoms with E-state index in [1.165, 1.54) is 94.6 Å². The molecule has 3 heteroatoms. The number of aldehydes is 1. The molecular formula is C42H60N2O. The summed E-state index contributed by atoms with van der Waals surface area (Å²) >= 11 is 0. The highest BCUT2D eigenvalue weighted by atomic mass is 16.1. The maximum Gasteiger partial charge on any atom is 0.145 e. The first-order valence-electron chi connectivity index (χ1n) is 18.2. The molecule has 3 nitrogen and oxygen atoms in total. The Labute approximate surface area is 276 Å². The average Bonchev–Trinajstić information content (AvgIpc) is 3.08. The van der Waals surface area contributed by atoms with E-state index in [0.717, 1.165) is 88.9 Å². The van der Waals surface area contributed by atoms with Gasteiger partial charge in [0.05, 0.1) is 0 Å². The van der Waals surface area contributed by atoms with Crippen LogP contribution in [0.15, 0.2) is 60.7 Å². The molecule has 0 aliphatic carbocycles. The van der Waals surface area contributed by atoms with Gasteiger partial charge in [0.1, 0.15) is 6.29 Å². The van der Waals surface area contributed by atoms with Crippen molar-refractivity contribution in [2.24, 2.45) is 0 Å². The quantitative estimate of drug-likeness (QED) is 0.0462. The molecule has 0 aliphatic rings. The van der Waals surface area contributed by atoms with Crippen molar-refractivity contribution >= 4 is 6.29 Å². The summed E-state index contributed by atoms with van der Waals surface area (Å²) in [5.41, 5.74) is 3.67. The van der Waals surface area contributed by atoms with Crippen LogP contribution >= 0.6 is 0 Å². The predicted octanol–water partition coefficient (Wildman–Crippen LogP) is 11.4. The molecule has 0 unspecified atom stereocenters. The Bertz CT molecular complexity index is 1120. The van der Waals surface area contributed by atoms with E-state index in [-0.39, 0.29) is 0 Å². The van der Waals surface area contributed by atoms with Crippen molar-refractivity contribution in [1.29, 1.82) is 0 Å². The number of hydrogen-bond donors (Lipinski definition) is 0. The average molecular weight is 609 g/mol. The molecule has 0 bridgehead atoms. The zero-order valence-electron chi connectivity index (χ0n) is 28.3. The van der Waals surface area contributed by atoms with Gasteiger partial charge in [0.15, 0.2) is 0 Å². The number of hydrogen-bond acceptors (Lipinski definition) is 3. The lowest BCUT2D eigenvalue weighted by Gasteiger charge is -2.02. The fourth-order valence-corrected chi connectivity index (χ4v) is 5.52. The number of unbranched alkanes of at least 4 members (excludes halogenated alkanes) is 18. The highest BCUT2D eigenvalue weighted by Crippen LogP contribution is 2.13. The van der Waals surface area contributed by atoms with Gasteiger partial charge in [-0.1, -0.05) is 76.0 Å². The molecule has 0 atom stereocenters. The lowest BCUT2D eigenvalue weighted by molar-refractivity contribution is -0.105. The van der Waals surface area contributed by atoms with Gasteiger partial charge in [0.25, 0.3) is 0 Å². The molecule has 45 heavy (non-hydrogen) atoms. The minimum absolute atomic E-state index is 0.886. The maximum atomic E-state index is 11.4. The Morgan fingerprint density at radius 1 is 0.533 bits per heavy atom. The van der Waals surface area contributed by atoms with Crippen LogP contribution in [0, 0.1) is 23.7 Å². The van der Waals surface area contributed by atoms with E-state index < -0.39 is 0 Å². The Kier molecular flexibility index (Phi) is 25.0. The second-order valence-corrected chi connectivity index (χ2v) is 12.4. The summed E-state index contributed by atoms with van der Waals surface area (Å²) in [6, 6.07) is 8.39. The highest BCUT2D eigenvalue weighted by molar-refractivity contribution is 5.72. The number of carbonyl (C=O) groups excluding carboxylic acids is 1. The van der Waals surface area contributed by atoms with Gasteiger partial charge in [-0.15, -0.1) is 23.7 Å². The Balaban J connectivity index is 1.30. The zero-order chi connectivity index (χ0) is 31.7. The van der Waals surface area contributed by atoms with Crippen LogP contribution < -0.4 is 0 Å². The molecule has 0 radical (unpaired) electrons.